The van der Waals surface area contributed by atoms with Gasteiger partial charge in [0, 0.05) is 42.3 Å². The van der Waals surface area contributed by atoms with Crippen LogP contribution in [0.4, 0.5) is 0 Å². The molecule has 0 aliphatic carbocycles. The lowest BCUT2D eigenvalue weighted by Gasteiger charge is -2.14. The zero-order chi connectivity index (χ0) is 16.0. The molecule has 0 amide bonds. The first-order valence-corrected chi connectivity index (χ1v) is 8.65. The molecular formula is C16H17ClN2O2S. The molecule has 0 aliphatic heterocycles. The Balaban J connectivity index is 1.98. The molecule has 22 heavy (non-hydrogen) atoms. The lowest BCUT2D eigenvalue weighted by molar-refractivity contribution is 0.479. The van der Waals surface area contributed by atoms with E-state index in [0.717, 1.165) is 11.3 Å². The second-order valence-corrected chi connectivity index (χ2v) is 7.15. The van der Waals surface area contributed by atoms with Crippen LogP contribution in [0.1, 0.15) is 11.3 Å². The first-order chi connectivity index (χ1) is 10.5. The van der Waals surface area contributed by atoms with Gasteiger partial charge >= 0.3 is 0 Å². The molecular weight excluding hydrogens is 320 g/mol. The summed E-state index contributed by atoms with van der Waals surface area (Å²) in [4.78, 5) is 4.18. The van der Waals surface area contributed by atoms with Gasteiger partial charge in [-0.1, -0.05) is 29.8 Å². The summed E-state index contributed by atoms with van der Waals surface area (Å²) < 4.78 is 25.7. The van der Waals surface area contributed by atoms with Gasteiger partial charge in [0.15, 0.2) is 0 Å². The molecule has 0 spiro atoms. The van der Waals surface area contributed by atoms with E-state index < -0.39 is 10.0 Å². The minimum absolute atomic E-state index is 0.379. The van der Waals surface area contributed by atoms with Crippen molar-refractivity contribution in [2.45, 2.75) is 6.42 Å². The maximum Gasteiger partial charge on any atom is 0.235 e. The molecule has 0 aliphatic rings. The maximum atomic E-state index is 12.2. The summed E-state index contributed by atoms with van der Waals surface area (Å²) in [6.07, 6.45) is 3.83. The number of pyridine rings is 1. The van der Waals surface area contributed by atoms with Crippen LogP contribution in [0.15, 0.2) is 54.1 Å². The highest BCUT2D eigenvalue weighted by molar-refractivity contribution is 7.92. The number of halogens is 1. The van der Waals surface area contributed by atoms with Crippen molar-refractivity contribution in [1.82, 2.24) is 9.29 Å². The van der Waals surface area contributed by atoms with E-state index in [1.165, 1.54) is 9.71 Å². The molecule has 0 saturated heterocycles. The Bertz CT molecular complexity index is 729. The van der Waals surface area contributed by atoms with Crippen LogP contribution in [0.5, 0.6) is 0 Å². The predicted octanol–water partition coefficient (Wildman–Crippen LogP) is 3.21. The zero-order valence-electron chi connectivity index (χ0n) is 12.2. The van der Waals surface area contributed by atoms with Gasteiger partial charge in [-0.2, -0.15) is 0 Å². The van der Waals surface area contributed by atoms with Crippen molar-refractivity contribution >= 4 is 27.7 Å². The minimum atomic E-state index is -3.45. The fraction of sp³-hybridized carbons (Fsp3) is 0.188. The van der Waals surface area contributed by atoms with Gasteiger partial charge in [-0.25, -0.2) is 12.7 Å². The number of benzene rings is 1. The van der Waals surface area contributed by atoms with Crippen LogP contribution in [-0.4, -0.2) is 31.3 Å². The van der Waals surface area contributed by atoms with Gasteiger partial charge in [-0.05, 0) is 35.9 Å². The summed E-state index contributed by atoms with van der Waals surface area (Å²) in [6.45, 7) is 0.379. The highest BCUT2D eigenvalue weighted by Crippen LogP contribution is 2.12. The van der Waals surface area contributed by atoms with Crippen LogP contribution in [0.2, 0.25) is 5.02 Å². The number of rotatable bonds is 6. The summed E-state index contributed by atoms with van der Waals surface area (Å²) in [5.74, 6) is 0. The molecule has 116 valence electrons. The zero-order valence-corrected chi connectivity index (χ0v) is 13.8. The molecule has 0 radical (unpaired) electrons. The Morgan fingerprint density at radius 3 is 2.55 bits per heavy atom. The number of hydrogen-bond donors (Lipinski definition) is 0. The maximum absolute atomic E-state index is 12.2. The highest BCUT2D eigenvalue weighted by Gasteiger charge is 2.13. The van der Waals surface area contributed by atoms with Crippen LogP contribution in [0, 0.1) is 0 Å². The smallest absolute Gasteiger partial charge is 0.235 e. The minimum Gasteiger partial charge on any atom is -0.261 e. The second-order valence-electron chi connectivity index (χ2n) is 4.79. The fourth-order valence-corrected chi connectivity index (χ4v) is 2.80. The van der Waals surface area contributed by atoms with Crippen molar-refractivity contribution in [2.75, 3.05) is 13.6 Å². The Morgan fingerprint density at radius 1 is 1.18 bits per heavy atom. The highest BCUT2D eigenvalue weighted by atomic mass is 35.5. The first kappa shape index (κ1) is 16.7. The molecule has 2 aromatic rings. The molecule has 2 rings (SSSR count). The number of nitrogens with zero attached hydrogens (tertiary/aromatic N) is 2. The van der Waals surface area contributed by atoms with Crippen LogP contribution in [0.3, 0.4) is 0 Å². The Morgan fingerprint density at radius 2 is 1.91 bits per heavy atom. The normalized spacial score (nSPS) is 12.1. The van der Waals surface area contributed by atoms with Crippen LogP contribution in [-0.2, 0) is 16.4 Å². The largest absolute Gasteiger partial charge is 0.261 e. The Kier molecular flexibility index (Phi) is 5.71. The topological polar surface area (TPSA) is 50.3 Å². The SMILES string of the molecule is CN(CCc1ccccn1)S(=O)(=O)/C=C/c1ccc(Cl)cc1. The van der Waals surface area contributed by atoms with Gasteiger partial charge in [-0.3, -0.25) is 4.98 Å². The van der Waals surface area contributed by atoms with Crippen LogP contribution < -0.4 is 0 Å². The standard InChI is InChI=1S/C16H17ClN2O2S/c1-19(12-9-16-4-2-3-11-18-16)22(20,21)13-10-14-5-7-15(17)8-6-14/h2-8,10-11,13H,9,12H2,1H3/b13-10+. The van der Waals surface area contributed by atoms with Crippen molar-refractivity contribution in [3.05, 3.63) is 70.3 Å². The van der Waals surface area contributed by atoms with Crippen LogP contribution in [0.25, 0.3) is 6.08 Å². The molecule has 0 bridgehead atoms. The average Bonchev–Trinajstić information content (AvgIpc) is 2.53. The summed E-state index contributed by atoms with van der Waals surface area (Å²) in [7, 11) is -1.89. The lowest BCUT2D eigenvalue weighted by Crippen LogP contribution is -2.27. The molecule has 0 saturated carbocycles. The number of likely N-dealkylation sites (N-methyl/N-ethyl adjacent to an activating group) is 1. The predicted molar refractivity (Wildman–Crippen MR) is 90.0 cm³/mol. The van der Waals surface area contributed by atoms with Crippen molar-refractivity contribution < 1.29 is 8.42 Å². The molecule has 6 heteroatoms. The van der Waals surface area contributed by atoms with Crippen molar-refractivity contribution in [2.24, 2.45) is 0 Å². The second kappa shape index (κ2) is 7.54. The number of aromatic nitrogens is 1. The van der Waals surface area contributed by atoms with E-state index >= 15 is 0 Å². The molecule has 0 unspecified atom stereocenters. The van der Waals surface area contributed by atoms with E-state index in [1.54, 1.807) is 43.6 Å². The van der Waals surface area contributed by atoms with E-state index in [1.807, 2.05) is 18.2 Å². The lowest BCUT2D eigenvalue weighted by atomic mass is 10.2. The molecule has 0 atom stereocenters. The van der Waals surface area contributed by atoms with Crippen molar-refractivity contribution in [3.63, 3.8) is 0 Å². The van der Waals surface area contributed by atoms with Gasteiger partial charge in [0.25, 0.3) is 0 Å². The van der Waals surface area contributed by atoms with Crippen molar-refractivity contribution in [1.29, 1.82) is 0 Å². The van der Waals surface area contributed by atoms with Gasteiger partial charge in [0.2, 0.25) is 10.0 Å². The third-order valence-electron chi connectivity index (χ3n) is 3.15. The van der Waals surface area contributed by atoms with E-state index in [9.17, 15) is 8.42 Å². The summed E-state index contributed by atoms with van der Waals surface area (Å²) in [5, 5.41) is 1.82. The molecule has 4 nitrogen and oxygen atoms in total. The third kappa shape index (κ3) is 4.94. The number of hydrogen-bond acceptors (Lipinski definition) is 3. The van der Waals surface area contributed by atoms with Gasteiger partial charge in [0.05, 0.1) is 0 Å². The quantitative estimate of drug-likeness (QED) is 0.814. The van der Waals surface area contributed by atoms with E-state index in [2.05, 4.69) is 4.98 Å². The fourth-order valence-electron chi connectivity index (χ4n) is 1.79. The van der Waals surface area contributed by atoms with Gasteiger partial charge in [0.1, 0.15) is 0 Å². The Labute approximate surface area is 136 Å². The molecule has 0 fully saturated rings. The molecule has 0 N–H and O–H groups in total. The van der Waals surface area contributed by atoms with Crippen LogP contribution >= 0.6 is 11.6 Å². The van der Waals surface area contributed by atoms with E-state index in [4.69, 9.17) is 11.6 Å². The van der Waals surface area contributed by atoms with Crippen molar-refractivity contribution in [3.8, 4) is 0 Å². The summed E-state index contributed by atoms with van der Waals surface area (Å²) in [6, 6.07) is 12.6. The number of sulfonamides is 1. The molecule has 1 aromatic heterocycles. The molecule has 1 aromatic carbocycles. The van der Waals surface area contributed by atoms with Gasteiger partial charge < -0.3 is 0 Å². The average molecular weight is 337 g/mol. The molecule has 1 heterocycles. The first-order valence-electron chi connectivity index (χ1n) is 6.77. The summed E-state index contributed by atoms with van der Waals surface area (Å²) in [5.41, 5.74) is 1.65. The Hall–Kier alpha value is -1.69. The van der Waals surface area contributed by atoms with E-state index in [-0.39, 0.29) is 0 Å². The van der Waals surface area contributed by atoms with Gasteiger partial charge in [-0.15, -0.1) is 0 Å². The summed E-state index contributed by atoms with van der Waals surface area (Å²) >= 11 is 5.80. The third-order valence-corrected chi connectivity index (χ3v) is 4.93. The van der Waals surface area contributed by atoms with E-state index in [0.29, 0.717) is 18.0 Å². The monoisotopic (exact) mass is 336 g/mol.